The van der Waals surface area contributed by atoms with Crippen molar-refractivity contribution in [1.82, 2.24) is 0 Å². The minimum Gasteiger partial charge on any atom is -0.478 e. The van der Waals surface area contributed by atoms with E-state index >= 15 is 0 Å². The number of hydrogen-bond acceptors (Lipinski definition) is 3. The number of aliphatic carboxylic acids is 1. The smallest absolute Gasteiger partial charge is 0.330 e. The van der Waals surface area contributed by atoms with E-state index in [-0.39, 0.29) is 23.8 Å². The van der Waals surface area contributed by atoms with Crippen LogP contribution in [0.15, 0.2) is 84.5 Å². The van der Waals surface area contributed by atoms with Crippen LogP contribution in [0.3, 0.4) is 0 Å². The van der Waals surface area contributed by atoms with E-state index in [0.29, 0.717) is 23.4 Å². The van der Waals surface area contributed by atoms with Crippen LogP contribution in [0.1, 0.15) is 26.7 Å². The van der Waals surface area contributed by atoms with Gasteiger partial charge in [-0.15, -0.1) is 0 Å². The van der Waals surface area contributed by atoms with Crippen molar-refractivity contribution in [2.24, 2.45) is 0 Å². The molecule has 6 heteroatoms. The Bertz CT molecular complexity index is 892. The summed E-state index contributed by atoms with van der Waals surface area (Å²) in [6, 6.07) is 6.79. The third-order valence-electron chi connectivity index (χ3n) is 3.63. The lowest BCUT2D eigenvalue weighted by molar-refractivity contribution is -0.132. The molecular weight excluding hydrogens is 368 g/mol. The van der Waals surface area contributed by atoms with Crippen molar-refractivity contribution in [2.45, 2.75) is 26.7 Å². The molecule has 1 rings (SSSR count). The van der Waals surface area contributed by atoms with Crippen LogP contribution in [0.5, 0.6) is 0 Å². The van der Waals surface area contributed by atoms with Crippen molar-refractivity contribution >= 4 is 29.2 Å². The highest BCUT2D eigenvalue weighted by atomic mass is 16.4. The van der Waals surface area contributed by atoms with E-state index in [4.69, 9.17) is 5.11 Å². The van der Waals surface area contributed by atoms with Crippen molar-refractivity contribution in [3.8, 4) is 0 Å². The molecule has 0 heterocycles. The second-order valence-electron chi connectivity index (χ2n) is 6.39. The van der Waals surface area contributed by atoms with Crippen molar-refractivity contribution in [3.05, 3.63) is 84.5 Å². The summed E-state index contributed by atoms with van der Waals surface area (Å²) >= 11 is 0. The molecule has 0 fully saturated rings. The van der Waals surface area contributed by atoms with E-state index in [9.17, 15) is 14.4 Å². The van der Waals surface area contributed by atoms with Crippen molar-refractivity contribution < 1.29 is 19.5 Å². The zero-order chi connectivity index (χ0) is 21.8. The molecule has 0 spiro atoms. The quantitative estimate of drug-likeness (QED) is 0.306. The molecule has 0 saturated carbocycles. The average molecular weight is 394 g/mol. The number of anilines is 2. The minimum atomic E-state index is -0.960. The SMILES string of the molecule is C=C(C)/C=C\C(=C)C(=O)Nc1cccc(NC(=O)C/C=C\C/C=C(\C)C(=O)O)c1. The van der Waals surface area contributed by atoms with Crippen molar-refractivity contribution in [2.75, 3.05) is 10.6 Å². The van der Waals surface area contributed by atoms with Crippen LogP contribution in [0, 0.1) is 0 Å². The van der Waals surface area contributed by atoms with Crippen molar-refractivity contribution in [1.29, 1.82) is 0 Å². The van der Waals surface area contributed by atoms with Crippen LogP contribution in [-0.4, -0.2) is 22.9 Å². The molecule has 2 amide bonds. The van der Waals surface area contributed by atoms with Gasteiger partial charge < -0.3 is 15.7 Å². The number of benzene rings is 1. The van der Waals surface area contributed by atoms with E-state index in [0.717, 1.165) is 5.57 Å². The van der Waals surface area contributed by atoms with Gasteiger partial charge in [-0.05, 0) is 44.5 Å². The molecule has 3 N–H and O–H groups in total. The van der Waals surface area contributed by atoms with Gasteiger partial charge in [0.25, 0.3) is 5.91 Å². The fourth-order valence-electron chi connectivity index (χ4n) is 2.04. The molecule has 0 atom stereocenters. The number of allylic oxidation sites excluding steroid dienone is 4. The lowest BCUT2D eigenvalue weighted by Crippen LogP contribution is -2.13. The largest absolute Gasteiger partial charge is 0.478 e. The zero-order valence-corrected chi connectivity index (χ0v) is 16.7. The Hall–Kier alpha value is -3.67. The molecule has 1 aromatic carbocycles. The molecule has 29 heavy (non-hydrogen) atoms. The number of carboxylic acids is 1. The number of hydrogen-bond donors (Lipinski definition) is 3. The predicted octanol–water partition coefficient (Wildman–Crippen LogP) is 4.62. The van der Waals surface area contributed by atoms with Gasteiger partial charge in [-0.1, -0.05) is 49.1 Å². The van der Waals surface area contributed by atoms with Crippen LogP contribution in [0.4, 0.5) is 11.4 Å². The highest BCUT2D eigenvalue weighted by molar-refractivity contribution is 6.05. The second-order valence-corrected chi connectivity index (χ2v) is 6.39. The summed E-state index contributed by atoms with van der Waals surface area (Å²) in [5.74, 6) is -1.53. The first kappa shape index (κ1) is 23.4. The third kappa shape index (κ3) is 9.72. The monoisotopic (exact) mass is 394 g/mol. The molecule has 0 unspecified atom stereocenters. The summed E-state index contributed by atoms with van der Waals surface area (Å²) in [7, 11) is 0. The lowest BCUT2D eigenvalue weighted by Gasteiger charge is -2.08. The van der Waals surface area contributed by atoms with Crippen molar-refractivity contribution in [3.63, 3.8) is 0 Å². The third-order valence-corrected chi connectivity index (χ3v) is 3.63. The van der Waals surface area contributed by atoms with E-state index in [1.165, 1.54) is 6.92 Å². The van der Waals surface area contributed by atoms with Crippen LogP contribution < -0.4 is 10.6 Å². The van der Waals surface area contributed by atoms with Gasteiger partial charge in [-0.25, -0.2) is 4.79 Å². The summed E-state index contributed by atoms with van der Waals surface area (Å²) in [6.45, 7) is 10.8. The minimum absolute atomic E-state index is 0.152. The molecule has 152 valence electrons. The maximum Gasteiger partial charge on any atom is 0.330 e. The van der Waals surface area contributed by atoms with Crippen LogP contribution in [-0.2, 0) is 14.4 Å². The fourth-order valence-corrected chi connectivity index (χ4v) is 2.04. The van der Waals surface area contributed by atoms with E-state index in [1.807, 2.05) is 6.92 Å². The maximum absolute atomic E-state index is 12.1. The Balaban J connectivity index is 2.58. The van der Waals surface area contributed by atoms with Gasteiger partial charge in [0.2, 0.25) is 5.91 Å². The van der Waals surface area contributed by atoms with E-state index in [2.05, 4.69) is 23.8 Å². The summed E-state index contributed by atoms with van der Waals surface area (Å²) in [5, 5.41) is 14.2. The highest BCUT2D eigenvalue weighted by Crippen LogP contribution is 2.16. The van der Waals surface area contributed by atoms with Gasteiger partial charge in [-0.2, -0.15) is 0 Å². The summed E-state index contributed by atoms with van der Waals surface area (Å²) in [4.78, 5) is 34.8. The molecule has 0 aromatic heterocycles. The molecular formula is C23H26N2O4. The Morgan fingerprint density at radius 1 is 1.03 bits per heavy atom. The molecule has 1 aromatic rings. The summed E-state index contributed by atoms with van der Waals surface area (Å²) in [6.07, 6.45) is 8.85. The Labute approximate surface area is 171 Å². The van der Waals surface area contributed by atoms with Gasteiger partial charge in [0.1, 0.15) is 0 Å². The second kappa shape index (κ2) is 11.9. The van der Waals surface area contributed by atoms with E-state index in [1.54, 1.807) is 54.6 Å². The zero-order valence-electron chi connectivity index (χ0n) is 16.7. The van der Waals surface area contributed by atoms with E-state index < -0.39 is 5.97 Å². The Morgan fingerprint density at radius 2 is 1.69 bits per heavy atom. The topological polar surface area (TPSA) is 95.5 Å². The van der Waals surface area contributed by atoms with Gasteiger partial charge in [0.15, 0.2) is 0 Å². The normalized spacial score (nSPS) is 11.4. The number of amides is 2. The highest BCUT2D eigenvalue weighted by Gasteiger charge is 2.06. The van der Waals surface area contributed by atoms with Crippen LogP contribution in [0.2, 0.25) is 0 Å². The average Bonchev–Trinajstić information content (AvgIpc) is 2.65. The van der Waals surface area contributed by atoms with Gasteiger partial charge in [0, 0.05) is 28.9 Å². The number of carbonyl (C=O) groups is 3. The molecule has 6 nitrogen and oxygen atoms in total. The summed E-state index contributed by atoms with van der Waals surface area (Å²) < 4.78 is 0. The predicted molar refractivity (Wildman–Crippen MR) is 117 cm³/mol. The Morgan fingerprint density at radius 3 is 2.31 bits per heavy atom. The molecule has 0 radical (unpaired) electrons. The number of carbonyl (C=O) groups excluding carboxylic acids is 2. The van der Waals surface area contributed by atoms with Crippen LogP contribution >= 0.6 is 0 Å². The number of rotatable bonds is 10. The maximum atomic E-state index is 12.1. The Kier molecular flexibility index (Phi) is 9.61. The molecule has 0 bridgehead atoms. The summed E-state index contributed by atoms with van der Waals surface area (Å²) in [5.41, 5.74) is 2.44. The first-order valence-corrected chi connectivity index (χ1v) is 8.98. The molecule has 0 aliphatic rings. The first-order chi connectivity index (χ1) is 13.7. The first-order valence-electron chi connectivity index (χ1n) is 8.98. The van der Waals surface area contributed by atoms with Gasteiger partial charge in [0.05, 0.1) is 0 Å². The number of nitrogens with one attached hydrogen (secondary N) is 2. The molecule has 0 aliphatic heterocycles. The van der Waals surface area contributed by atoms with Gasteiger partial charge in [-0.3, -0.25) is 9.59 Å². The lowest BCUT2D eigenvalue weighted by atomic mass is 10.2. The van der Waals surface area contributed by atoms with Gasteiger partial charge >= 0.3 is 5.97 Å². The standard InChI is InChI=1S/C23H26N2O4/c1-16(2)13-14-17(3)22(27)25-20-11-8-10-19(15-20)24-21(26)12-7-5-6-9-18(4)23(28)29/h5,7-11,13-15H,1,3,6,12H2,2,4H3,(H,24,26)(H,25,27)(H,28,29)/b7-5-,14-13-,18-9+. The van der Waals surface area contributed by atoms with Crippen LogP contribution in [0.25, 0.3) is 0 Å². The molecule has 0 aliphatic carbocycles. The number of carboxylic acid groups (broad SMARTS) is 1. The molecule has 0 saturated heterocycles. The fraction of sp³-hybridized carbons (Fsp3) is 0.174.